The van der Waals surface area contributed by atoms with E-state index < -0.39 is 5.60 Å². The van der Waals surface area contributed by atoms with Crippen LogP contribution in [0.25, 0.3) is 10.1 Å². The largest absolute Gasteiger partial charge is 0.444 e. The molecule has 7 heteroatoms. The molecule has 150 valence electrons. The minimum absolute atomic E-state index is 0.0174. The fourth-order valence-electron chi connectivity index (χ4n) is 4.54. The molecular weight excluding hydrogens is 374 g/mol. The standard InChI is InChI=1S/C21H27N3O3S/c1-21(2,3)27-20(26)24-12-13-7-6-9-14(13)16(24)11-22-19(25)18-15-8-4-5-10-17(15)28-23-18/h4-5,8,10,13-14,16H,6-7,9,11-12H2,1-3H3,(H,22,25)/t13?,14-,16?/m0/s1. The van der Waals surface area contributed by atoms with E-state index in [0.29, 0.717) is 24.1 Å². The third-order valence-electron chi connectivity index (χ3n) is 5.74. The number of hydrogen-bond acceptors (Lipinski definition) is 5. The molecule has 2 heterocycles. The molecule has 4 rings (SSSR count). The van der Waals surface area contributed by atoms with Gasteiger partial charge in [-0.15, -0.1) is 0 Å². The number of benzene rings is 1. The predicted octanol–water partition coefficient (Wildman–Crippen LogP) is 4.06. The van der Waals surface area contributed by atoms with Gasteiger partial charge in [-0.05, 0) is 63.0 Å². The summed E-state index contributed by atoms with van der Waals surface area (Å²) >= 11 is 1.33. The Morgan fingerprint density at radius 1 is 1.29 bits per heavy atom. The molecule has 1 saturated heterocycles. The second-order valence-corrected chi connectivity index (χ2v) is 9.60. The first-order chi connectivity index (χ1) is 13.3. The third kappa shape index (κ3) is 3.72. The summed E-state index contributed by atoms with van der Waals surface area (Å²) in [7, 11) is 0. The van der Waals surface area contributed by atoms with Gasteiger partial charge in [0, 0.05) is 18.5 Å². The van der Waals surface area contributed by atoms with Crippen molar-refractivity contribution in [3.63, 3.8) is 0 Å². The van der Waals surface area contributed by atoms with Crippen LogP contribution < -0.4 is 5.32 Å². The second-order valence-electron chi connectivity index (χ2n) is 8.79. The first kappa shape index (κ1) is 19.2. The molecule has 0 radical (unpaired) electrons. The SMILES string of the molecule is CC(C)(C)OC(=O)N1CC2CCC[C@@H]2C1CNC(=O)c1nsc2ccccc12. The number of amides is 2. The van der Waals surface area contributed by atoms with Crippen LogP contribution in [-0.2, 0) is 4.74 Å². The Balaban J connectivity index is 1.48. The molecule has 1 N–H and O–H groups in total. The van der Waals surface area contributed by atoms with Gasteiger partial charge in [-0.25, -0.2) is 4.79 Å². The van der Waals surface area contributed by atoms with E-state index in [9.17, 15) is 9.59 Å². The number of aromatic nitrogens is 1. The number of fused-ring (bicyclic) bond motifs is 2. The zero-order valence-corrected chi connectivity index (χ0v) is 17.4. The summed E-state index contributed by atoms with van der Waals surface area (Å²) in [6, 6.07) is 7.73. The monoisotopic (exact) mass is 401 g/mol. The van der Waals surface area contributed by atoms with E-state index in [0.717, 1.165) is 29.5 Å². The van der Waals surface area contributed by atoms with E-state index in [1.165, 1.54) is 18.0 Å². The normalized spacial score (nSPS) is 24.4. The van der Waals surface area contributed by atoms with E-state index in [1.54, 1.807) is 0 Å². The van der Waals surface area contributed by atoms with Gasteiger partial charge in [0.1, 0.15) is 11.3 Å². The molecule has 1 saturated carbocycles. The molecule has 2 fully saturated rings. The van der Waals surface area contributed by atoms with Crippen molar-refractivity contribution >= 4 is 33.6 Å². The molecule has 28 heavy (non-hydrogen) atoms. The summed E-state index contributed by atoms with van der Waals surface area (Å²) < 4.78 is 11.0. The Morgan fingerprint density at radius 3 is 2.86 bits per heavy atom. The summed E-state index contributed by atoms with van der Waals surface area (Å²) in [5, 5.41) is 3.91. The molecular formula is C21H27N3O3S. The van der Waals surface area contributed by atoms with Gasteiger partial charge in [0.15, 0.2) is 0 Å². The molecule has 1 aromatic heterocycles. The van der Waals surface area contributed by atoms with Crippen LogP contribution in [0.1, 0.15) is 50.5 Å². The number of nitrogens with zero attached hydrogens (tertiary/aromatic N) is 2. The average molecular weight is 402 g/mol. The minimum Gasteiger partial charge on any atom is -0.444 e. The molecule has 2 aliphatic rings. The number of likely N-dealkylation sites (tertiary alicyclic amines) is 1. The Kier molecular flexibility index (Phi) is 5.04. The van der Waals surface area contributed by atoms with Crippen molar-refractivity contribution in [2.24, 2.45) is 11.8 Å². The number of hydrogen-bond donors (Lipinski definition) is 1. The Labute approximate surface area is 169 Å². The number of ether oxygens (including phenoxy) is 1. The van der Waals surface area contributed by atoms with Crippen LogP contribution in [0.3, 0.4) is 0 Å². The number of carbonyl (C=O) groups excluding carboxylic acids is 2. The lowest BCUT2D eigenvalue weighted by atomic mass is 9.94. The van der Waals surface area contributed by atoms with Crippen molar-refractivity contribution in [3.8, 4) is 0 Å². The van der Waals surface area contributed by atoms with Gasteiger partial charge in [0.2, 0.25) is 0 Å². The summed E-state index contributed by atoms with van der Waals surface area (Å²) in [6.07, 6.45) is 3.16. The molecule has 2 amide bonds. The van der Waals surface area contributed by atoms with Crippen molar-refractivity contribution in [1.29, 1.82) is 0 Å². The Hall–Kier alpha value is -2.15. The van der Waals surface area contributed by atoms with Crippen molar-refractivity contribution in [2.45, 2.75) is 51.7 Å². The second kappa shape index (κ2) is 7.35. The molecule has 2 unspecified atom stereocenters. The minimum atomic E-state index is -0.526. The fourth-order valence-corrected chi connectivity index (χ4v) is 5.31. The van der Waals surface area contributed by atoms with Gasteiger partial charge < -0.3 is 15.0 Å². The average Bonchev–Trinajstić information content (AvgIpc) is 3.32. The lowest BCUT2D eigenvalue weighted by Gasteiger charge is -2.30. The molecule has 2 aromatic rings. The summed E-state index contributed by atoms with van der Waals surface area (Å²) in [6.45, 7) is 6.80. The maximum Gasteiger partial charge on any atom is 0.410 e. The van der Waals surface area contributed by atoms with Gasteiger partial charge in [-0.1, -0.05) is 24.6 Å². The van der Waals surface area contributed by atoms with Crippen molar-refractivity contribution in [1.82, 2.24) is 14.6 Å². The van der Waals surface area contributed by atoms with Crippen LogP contribution in [0.4, 0.5) is 4.79 Å². The van der Waals surface area contributed by atoms with E-state index in [-0.39, 0.29) is 18.0 Å². The maximum atomic E-state index is 12.8. The number of rotatable bonds is 3. The van der Waals surface area contributed by atoms with Crippen LogP contribution in [0.2, 0.25) is 0 Å². The van der Waals surface area contributed by atoms with E-state index in [4.69, 9.17) is 4.74 Å². The van der Waals surface area contributed by atoms with E-state index in [2.05, 4.69) is 9.69 Å². The Bertz CT molecular complexity index is 888. The maximum absolute atomic E-state index is 12.8. The highest BCUT2D eigenvalue weighted by molar-refractivity contribution is 7.13. The highest BCUT2D eigenvalue weighted by atomic mass is 32.1. The van der Waals surface area contributed by atoms with E-state index in [1.807, 2.05) is 49.9 Å². The lowest BCUT2D eigenvalue weighted by Crippen LogP contribution is -2.47. The summed E-state index contributed by atoms with van der Waals surface area (Å²) in [5.41, 5.74) is -0.0624. The molecule has 0 spiro atoms. The van der Waals surface area contributed by atoms with Crippen LogP contribution >= 0.6 is 11.5 Å². The first-order valence-electron chi connectivity index (χ1n) is 9.96. The van der Waals surface area contributed by atoms with Crippen LogP contribution in [-0.4, -0.2) is 46.0 Å². The van der Waals surface area contributed by atoms with Gasteiger partial charge in [0.05, 0.1) is 10.7 Å². The highest BCUT2D eigenvalue weighted by Gasteiger charge is 2.47. The molecule has 1 aliphatic carbocycles. The lowest BCUT2D eigenvalue weighted by molar-refractivity contribution is 0.0200. The number of carbonyl (C=O) groups is 2. The molecule has 3 atom stereocenters. The van der Waals surface area contributed by atoms with Gasteiger partial charge in [0.25, 0.3) is 5.91 Å². The van der Waals surface area contributed by atoms with Gasteiger partial charge in [-0.3, -0.25) is 4.79 Å². The molecule has 1 aromatic carbocycles. The summed E-state index contributed by atoms with van der Waals surface area (Å²) in [5.74, 6) is 0.762. The molecule has 1 aliphatic heterocycles. The smallest absolute Gasteiger partial charge is 0.410 e. The van der Waals surface area contributed by atoms with Crippen molar-refractivity contribution in [2.75, 3.05) is 13.1 Å². The molecule has 6 nitrogen and oxygen atoms in total. The Morgan fingerprint density at radius 2 is 2.07 bits per heavy atom. The van der Waals surface area contributed by atoms with Crippen LogP contribution in [0.15, 0.2) is 24.3 Å². The highest BCUT2D eigenvalue weighted by Crippen LogP contribution is 2.42. The summed E-state index contributed by atoms with van der Waals surface area (Å²) in [4.78, 5) is 27.3. The first-order valence-corrected chi connectivity index (χ1v) is 10.7. The molecule has 0 bridgehead atoms. The van der Waals surface area contributed by atoms with Crippen molar-refractivity contribution in [3.05, 3.63) is 30.0 Å². The number of nitrogens with one attached hydrogen (secondary N) is 1. The third-order valence-corrected chi connectivity index (χ3v) is 6.56. The predicted molar refractivity (Wildman–Crippen MR) is 110 cm³/mol. The zero-order chi connectivity index (χ0) is 19.9. The quantitative estimate of drug-likeness (QED) is 0.842. The zero-order valence-electron chi connectivity index (χ0n) is 16.6. The topological polar surface area (TPSA) is 71.5 Å². The van der Waals surface area contributed by atoms with E-state index >= 15 is 0 Å². The van der Waals surface area contributed by atoms with Crippen LogP contribution in [0.5, 0.6) is 0 Å². The van der Waals surface area contributed by atoms with Crippen LogP contribution in [0, 0.1) is 11.8 Å². The fraction of sp³-hybridized carbons (Fsp3) is 0.571. The van der Waals surface area contributed by atoms with Gasteiger partial charge >= 0.3 is 6.09 Å². The van der Waals surface area contributed by atoms with Crippen molar-refractivity contribution < 1.29 is 14.3 Å². The van der Waals surface area contributed by atoms with Gasteiger partial charge in [-0.2, -0.15) is 4.37 Å².